The van der Waals surface area contributed by atoms with Crippen molar-refractivity contribution in [3.63, 3.8) is 0 Å². The molecule has 1 heterocycles. The molecule has 1 atom stereocenters. The summed E-state index contributed by atoms with van der Waals surface area (Å²) in [6.07, 6.45) is 1.53. The summed E-state index contributed by atoms with van der Waals surface area (Å²) < 4.78 is 0. The summed E-state index contributed by atoms with van der Waals surface area (Å²) in [5.74, 6) is -1.71. The van der Waals surface area contributed by atoms with E-state index in [-0.39, 0.29) is 11.0 Å². The number of amides is 2. The van der Waals surface area contributed by atoms with E-state index in [0.29, 0.717) is 12.2 Å². The molecule has 1 aliphatic heterocycles. The van der Waals surface area contributed by atoms with Crippen LogP contribution in [0.2, 0.25) is 0 Å². The lowest BCUT2D eigenvalue weighted by molar-refractivity contribution is -0.471. The molecular weight excluding hydrogens is 346 g/mol. The normalized spacial score (nSPS) is 17.7. The van der Waals surface area contributed by atoms with Crippen LogP contribution in [-0.4, -0.2) is 23.1 Å². The van der Waals surface area contributed by atoms with E-state index in [1.54, 1.807) is 0 Å². The minimum atomic E-state index is -0.940. The van der Waals surface area contributed by atoms with Gasteiger partial charge in [0, 0.05) is 5.56 Å². The van der Waals surface area contributed by atoms with Gasteiger partial charge in [-0.05, 0) is 43.3 Å². The van der Waals surface area contributed by atoms with E-state index in [1.807, 2.05) is 62.4 Å². The summed E-state index contributed by atoms with van der Waals surface area (Å²) in [6, 6.07) is 15.6. The van der Waals surface area contributed by atoms with Gasteiger partial charge in [0.05, 0.1) is 5.69 Å². The molecule has 0 aliphatic carbocycles. The Labute approximate surface area is 157 Å². The van der Waals surface area contributed by atoms with Gasteiger partial charge in [0.2, 0.25) is 5.91 Å². The second kappa shape index (κ2) is 7.58. The molecule has 0 spiro atoms. The van der Waals surface area contributed by atoms with Crippen molar-refractivity contribution in [2.45, 2.75) is 20.4 Å². The fraction of sp³-hybridized carbons (Fsp3) is 0.200. The molecule has 2 N–H and O–H groups in total. The van der Waals surface area contributed by atoms with Crippen molar-refractivity contribution in [3.8, 4) is 0 Å². The fourth-order valence-corrected chi connectivity index (χ4v) is 3.11. The Hall–Kier alpha value is -2.86. The van der Waals surface area contributed by atoms with Gasteiger partial charge in [0.25, 0.3) is 5.91 Å². The minimum absolute atomic E-state index is 0.112. The lowest BCUT2D eigenvalue weighted by Gasteiger charge is -2.31. The number of thiocarbonyl (C=S) groups is 1. The van der Waals surface area contributed by atoms with Crippen molar-refractivity contribution in [2.24, 2.45) is 5.92 Å². The quantitative estimate of drug-likeness (QED) is 0.482. The average Bonchev–Trinajstić information content (AvgIpc) is 2.61. The third-order valence-electron chi connectivity index (χ3n) is 4.24. The summed E-state index contributed by atoms with van der Waals surface area (Å²) in [4.78, 5) is 29.7. The van der Waals surface area contributed by atoms with Crippen LogP contribution in [0.3, 0.4) is 0 Å². The van der Waals surface area contributed by atoms with Gasteiger partial charge in [-0.1, -0.05) is 42.5 Å². The zero-order valence-corrected chi connectivity index (χ0v) is 15.5. The molecule has 2 aromatic carbocycles. The second-order valence-electron chi connectivity index (χ2n) is 6.27. The maximum absolute atomic E-state index is 13.0. The van der Waals surface area contributed by atoms with Crippen LogP contribution in [0.25, 0.3) is 0 Å². The van der Waals surface area contributed by atoms with Crippen molar-refractivity contribution in [3.05, 3.63) is 65.2 Å². The Kier molecular flexibility index (Phi) is 5.23. The van der Waals surface area contributed by atoms with E-state index < -0.39 is 11.8 Å². The number of benzene rings is 2. The number of carbonyl (C=O) groups excluding carboxylic acids is 2. The number of anilines is 1. The summed E-state index contributed by atoms with van der Waals surface area (Å²) in [6.45, 7) is 4.39. The topological polar surface area (TPSA) is 63.4 Å². The summed E-state index contributed by atoms with van der Waals surface area (Å²) in [5.41, 5.74) is 3.69. The maximum atomic E-state index is 13.0. The first kappa shape index (κ1) is 17.9. The molecular formula is C20H20N3O2S+. The number of hydrogen-bond donors (Lipinski definition) is 2. The molecule has 5 nitrogen and oxygen atoms in total. The van der Waals surface area contributed by atoms with Gasteiger partial charge in [0.15, 0.2) is 23.8 Å². The zero-order chi connectivity index (χ0) is 18.7. The highest BCUT2D eigenvalue weighted by molar-refractivity contribution is 7.80. The van der Waals surface area contributed by atoms with Gasteiger partial charge in [-0.15, -0.1) is 0 Å². The Morgan fingerprint density at radius 3 is 2.62 bits per heavy atom. The van der Waals surface area contributed by atoms with Gasteiger partial charge in [-0.25, -0.2) is 4.99 Å². The smallest absolute Gasteiger partial charge is 0.256 e. The van der Waals surface area contributed by atoms with E-state index in [4.69, 9.17) is 12.2 Å². The molecule has 0 unspecified atom stereocenters. The first-order valence-electron chi connectivity index (χ1n) is 8.34. The second-order valence-corrected chi connectivity index (χ2v) is 6.66. The van der Waals surface area contributed by atoms with Crippen molar-refractivity contribution in [2.75, 3.05) is 4.90 Å². The molecule has 2 amide bonds. The molecule has 0 aromatic heterocycles. The number of nitrogens with one attached hydrogen (secondary N) is 2. The summed E-state index contributed by atoms with van der Waals surface area (Å²) >= 11 is 5.25. The zero-order valence-electron chi connectivity index (χ0n) is 14.7. The molecule has 1 saturated heterocycles. The van der Waals surface area contributed by atoms with Crippen LogP contribution in [-0.2, 0) is 16.1 Å². The fourth-order valence-electron chi connectivity index (χ4n) is 2.82. The Bertz CT molecular complexity index is 893. The predicted octanol–water partition coefficient (Wildman–Crippen LogP) is 1.02. The minimum Gasteiger partial charge on any atom is -0.301 e. The molecule has 0 radical (unpaired) electrons. The molecule has 132 valence electrons. The van der Waals surface area contributed by atoms with Crippen molar-refractivity contribution < 1.29 is 14.6 Å². The van der Waals surface area contributed by atoms with Gasteiger partial charge >= 0.3 is 0 Å². The lowest BCUT2D eigenvalue weighted by atomic mass is 10.0. The Balaban J connectivity index is 1.85. The monoisotopic (exact) mass is 366 g/mol. The van der Waals surface area contributed by atoms with E-state index >= 15 is 0 Å². The third-order valence-corrected chi connectivity index (χ3v) is 4.53. The average molecular weight is 366 g/mol. The highest BCUT2D eigenvalue weighted by Gasteiger charge is 2.40. The van der Waals surface area contributed by atoms with Crippen LogP contribution in [0.4, 0.5) is 5.69 Å². The Morgan fingerprint density at radius 1 is 1.15 bits per heavy atom. The molecule has 3 rings (SSSR count). The first-order valence-corrected chi connectivity index (χ1v) is 8.75. The van der Waals surface area contributed by atoms with Crippen LogP contribution in [0.5, 0.6) is 0 Å². The molecule has 0 saturated carbocycles. The van der Waals surface area contributed by atoms with Crippen LogP contribution in [0, 0.1) is 19.8 Å². The van der Waals surface area contributed by atoms with Gasteiger partial charge in [0.1, 0.15) is 0 Å². The summed E-state index contributed by atoms with van der Waals surface area (Å²) in [5, 5.41) is 2.74. The van der Waals surface area contributed by atoms with Crippen LogP contribution >= 0.6 is 12.2 Å². The van der Waals surface area contributed by atoms with E-state index in [1.165, 1.54) is 11.1 Å². The lowest BCUT2D eigenvalue weighted by Crippen LogP contribution is -2.71. The van der Waals surface area contributed by atoms with E-state index in [9.17, 15) is 9.59 Å². The summed E-state index contributed by atoms with van der Waals surface area (Å²) in [7, 11) is 0. The maximum Gasteiger partial charge on any atom is 0.256 e. The predicted molar refractivity (Wildman–Crippen MR) is 105 cm³/mol. The Morgan fingerprint density at radius 2 is 1.88 bits per heavy atom. The van der Waals surface area contributed by atoms with Gasteiger partial charge in [-0.3, -0.25) is 14.5 Å². The number of hydrogen-bond acceptors (Lipinski definition) is 3. The van der Waals surface area contributed by atoms with Crippen LogP contribution in [0.15, 0.2) is 48.5 Å². The highest BCUT2D eigenvalue weighted by atomic mass is 32.1. The molecule has 2 aromatic rings. The molecule has 6 heteroatoms. The molecule has 1 aliphatic rings. The van der Waals surface area contributed by atoms with Crippen LogP contribution < -0.4 is 15.2 Å². The van der Waals surface area contributed by atoms with Gasteiger partial charge in [-0.2, -0.15) is 0 Å². The van der Waals surface area contributed by atoms with E-state index in [0.717, 1.165) is 16.7 Å². The molecule has 26 heavy (non-hydrogen) atoms. The number of rotatable bonds is 4. The van der Waals surface area contributed by atoms with Crippen molar-refractivity contribution in [1.82, 2.24) is 5.32 Å². The number of carbonyl (C=O) groups is 2. The van der Waals surface area contributed by atoms with E-state index in [2.05, 4.69) is 10.3 Å². The number of aryl methyl sites for hydroxylation is 2. The molecule has 1 fully saturated rings. The standard InChI is InChI=1S/C20H19N3O2S/c1-13-8-9-14(2)17(10-13)23-19(25)16(18(24)22-20(23)26)12-21-11-15-6-4-3-5-7-15/h3-10,12,16H,11H2,1-2H3,(H,22,24,26)/p+1/t16-/m1/s1. The van der Waals surface area contributed by atoms with Crippen molar-refractivity contribution in [1.29, 1.82) is 0 Å². The SMILES string of the molecule is Cc1ccc(C)c(N2C(=O)[C@H](C=[NH+]Cc3ccccc3)C(=O)NC2=S)c1. The molecule has 0 bridgehead atoms. The van der Waals surface area contributed by atoms with Crippen molar-refractivity contribution >= 4 is 41.0 Å². The highest BCUT2D eigenvalue weighted by Crippen LogP contribution is 2.25. The first-order chi connectivity index (χ1) is 12.5. The van der Waals surface area contributed by atoms with Gasteiger partial charge < -0.3 is 5.32 Å². The number of nitrogens with zero attached hydrogens (tertiary/aromatic N) is 1. The largest absolute Gasteiger partial charge is 0.301 e. The van der Waals surface area contributed by atoms with Crippen LogP contribution in [0.1, 0.15) is 16.7 Å². The third kappa shape index (κ3) is 3.70.